The number of carbonyl (C=O) groups excluding carboxylic acids is 1. The summed E-state index contributed by atoms with van der Waals surface area (Å²) in [6, 6.07) is 0. The molecule has 6 heteroatoms. The molecule has 0 atom stereocenters. The van der Waals surface area contributed by atoms with Crippen LogP contribution < -0.4 is 5.73 Å². The lowest BCUT2D eigenvalue weighted by Crippen LogP contribution is -2.11. The number of hydrogen-bond donors (Lipinski definition) is 1. The maximum Gasteiger partial charge on any atom is 0.252 e. The van der Waals surface area contributed by atoms with Gasteiger partial charge in [0.05, 0.1) is 11.8 Å². The molecular weight excluding hydrogens is 170 g/mol. The van der Waals surface area contributed by atoms with Gasteiger partial charge in [-0.05, 0) is 0 Å². The van der Waals surface area contributed by atoms with Crippen molar-refractivity contribution >= 4 is 16.9 Å². The van der Waals surface area contributed by atoms with E-state index in [-0.39, 0.29) is 0 Å². The van der Waals surface area contributed by atoms with Gasteiger partial charge in [0.1, 0.15) is 11.0 Å². The average Bonchev–Trinajstić information content (AvgIpc) is 2.48. The molecule has 0 aromatic carbocycles. The number of hydrogen-bond acceptors (Lipinski definition) is 4. The summed E-state index contributed by atoms with van der Waals surface area (Å²) in [6.45, 7) is 0. The van der Waals surface area contributed by atoms with Gasteiger partial charge < -0.3 is 5.73 Å². The minimum atomic E-state index is -0.543. The van der Waals surface area contributed by atoms with Crippen LogP contribution in [0.2, 0.25) is 0 Å². The van der Waals surface area contributed by atoms with E-state index in [1.54, 1.807) is 13.2 Å². The van der Waals surface area contributed by atoms with Crippen LogP contribution >= 0.6 is 0 Å². The Hall–Kier alpha value is -1.98. The molecule has 0 aliphatic carbocycles. The molecule has 2 N–H and O–H groups in total. The molecule has 1 amide bonds. The van der Waals surface area contributed by atoms with Gasteiger partial charge in [-0.25, -0.2) is 4.68 Å². The van der Waals surface area contributed by atoms with E-state index in [0.717, 1.165) is 0 Å². The molecule has 0 aliphatic heterocycles. The fraction of sp³-hybridized carbons (Fsp3) is 0.143. The third-order valence-corrected chi connectivity index (χ3v) is 1.79. The number of nitrogens with zero attached hydrogens (tertiary/aromatic N) is 4. The lowest BCUT2D eigenvalue weighted by molar-refractivity contribution is 0.100. The minimum absolute atomic E-state index is 0.297. The first-order chi connectivity index (χ1) is 6.20. The summed E-state index contributed by atoms with van der Waals surface area (Å²) >= 11 is 0. The predicted octanol–water partition coefficient (Wildman–Crippen LogP) is -0.538. The van der Waals surface area contributed by atoms with E-state index in [1.165, 1.54) is 10.9 Å². The molecule has 0 aliphatic rings. The molecule has 0 fully saturated rings. The maximum atomic E-state index is 10.9. The number of fused-ring (bicyclic) bond motifs is 1. The van der Waals surface area contributed by atoms with Crippen molar-refractivity contribution in [1.29, 1.82) is 0 Å². The molecule has 0 saturated carbocycles. The Labute approximate surface area is 73.4 Å². The highest BCUT2D eigenvalue weighted by Crippen LogP contribution is 2.12. The van der Waals surface area contributed by atoms with Crippen LogP contribution in [-0.4, -0.2) is 25.9 Å². The first-order valence-corrected chi connectivity index (χ1v) is 3.63. The fourth-order valence-electron chi connectivity index (χ4n) is 1.12. The van der Waals surface area contributed by atoms with Crippen LogP contribution in [0, 0.1) is 0 Å². The van der Waals surface area contributed by atoms with Gasteiger partial charge >= 0.3 is 0 Å². The van der Waals surface area contributed by atoms with Crippen LogP contribution in [0.3, 0.4) is 0 Å². The zero-order chi connectivity index (χ0) is 9.42. The standard InChI is InChI=1S/C7H7N5O/c1-12-5-3-9-2-4(7(8)13)6(5)10-11-12/h2-3H,1H3,(H2,8,13). The number of pyridine rings is 1. The highest BCUT2D eigenvalue weighted by Gasteiger charge is 2.10. The number of amides is 1. The predicted molar refractivity (Wildman–Crippen MR) is 44.8 cm³/mol. The second kappa shape index (κ2) is 2.51. The van der Waals surface area contributed by atoms with Crippen molar-refractivity contribution in [2.24, 2.45) is 12.8 Å². The molecule has 2 heterocycles. The molecule has 0 radical (unpaired) electrons. The third kappa shape index (κ3) is 1.03. The van der Waals surface area contributed by atoms with E-state index in [2.05, 4.69) is 15.3 Å². The van der Waals surface area contributed by atoms with Crippen LogP contribution in [0.4, 0.5) is 0 Å². The molecule has 0 bridgehead atoms. The second-order valence-corrected chi connectivity index (χ2v) is 2.63. The van der Waals surface area contributed by atoms with E-state index in [1.807, 2.05) is 0 Å². The summed E-state index contributed by atoms with van der Waals surface area (Å²) in [5.74, 6) is -0.543. The van der Waals surface area contributed by atoms with Gasteiger partial charge in [-0.2, -0.15) is 0 Å². The molecule has 6 nitrogen and oxygen atoms in total. The van der Waals surface area contributed by atoms with Crippen molar-refractivity contribution in [1.82, 2.24) is 20.0 Å². The van der Waals surface area contributed by atoms with Crippen LogP contribution in [0.25, 0.3) is 11.0 Å². The van der Waals surface area contributed by atoms with Crippen molar-refractivity contribution in [2.45, 2.75) is 0 Å². The third-order valence-electron chi connectivity index (χ3n) is 1.79. The van der Waals surface area contributed by atoms with Crippen LogP contribution in [-0.2, 0) is 7.05 Å². The number of carbonyl (C=O) groups is 1. The molecule has 13 heavy (non-hydrogen) atoms. The second-order valence-electron chi connectivity index (χ2n) is 2.63. The van der Waals surface area contributed by atoms with Crippen molar-refractivity contribution in [2.75, 3.05) is 0 Å². The van der Waals surface area contributed by atoms with E-state index >= 15 is 0 Å². The lowest BCUT2D eigenvalue weighted by Gasteiger charge is -1.94. The first-order valence-electron chi connectivity index (χ1n) is 3.63. The largest absolute Gasteiger partial charge is 0.365 e. The first kappa shape index (κ1) is 7.66. The SMILES string of the molecule is Cn1nnc2c(C(N)=O)cncc21. The molecule has 66 valence electrons. The maximum absolute atomic E-state index is 10.9. The number of nitrogens with two attached hydrogens (primary N) is 1. The van der Waals surface area contributed by atoms with E-state index in [9.17, 15) is 4.79 Å². The highest BCUT2D eigenvalue weighted by molar-refractivity contribution is 6.03. The normalized spacial score (nSPS) is 10.5. The zero-order valence-electron chi connectivity index (χ0n) is 6.93. The van der Waals surface area contributed by atoms with Crippen molar-refractivity contribution in [3.8, 4) is 0 Å². The van der Waals surface area contributed by atoms with Gasteiger partial charge in [0.25, 0.3) is 5.91 Å². The Morgan fingerprint density at radius 2 is 2.31 bits per heavy atom. The van der Waals surface area contributed by atoms with Crippen molar-refractivity contribution in [3.05, 3.63) is 18.0 Å². The Balaban J connectivity index is 2.84. The summed E-state index contributed by atoms with van der Waals surface area (Å²) in [7, 11) is 1.72. The average molecular weight is 177 g/mol. The molecule has 2 aromatic heterocycles. The fourth-order valence-corrected chi connectivity index (χ4v) is 1.12. The molecule has 0 saturated heterocycles. The number of primary amides is 1. The molecule has 0 spiro atoms. The van der Waals surface area contributed by atoms with Gasteiger partial charge in [0.2, 0.25) is 0 Å². The van der Waals surface area contributed by atoms with Crippen LogP contribution in [0.5, 0.6) is 0 Å². The van der Waals surface area contributed by atoms with Gasteiger partial charge in [0.15, 0.2) is 0 Å². The van der Waals surface area contributed by atoms with Gasteiger partial charge in [-0.3, -0.25) is 9.78 Å². The van der Waals surface area contributed by atoms with Crippen molar-refractivity contribution in [3.63, 3.8) is 0 Å². The zero-order valence-corrected chi connectivity index (χ0v) is 6.93. The summed E-state index contributed by atoms with van der Waals surface area (Å²) in [4.78, 5) is 14.8. The molecule has 0 unspecified atom stereocenters. The van der Waals surface area contributed by atoms with Crippen LogP contribution in [0.15, 0.2) is 12.4 Å². The van der Waals surface area contributed by atoms with Gasteiger partial charge in [0, 0.05) is 13.2 Å². The highest BCUT2D eigenvalue weighted by atomic mass is 16.1. The Morgan fingerprint density at radius 1 is 1.54 bits per heavy atom. The number of rotatable bonds is 1. The molecule has 2 rings (SSSR count). The Kier molecular flexibility index (Phi) is 1.48. The number of aromatic nitrogens is 4. The van der Waals surface area contributed by atoms with E-state index in [4.69, 9.17) is 5.73 Å². The molecular formula is C7H7N5O. The summed E-state index contributed by atoms with van der Waals surface area (Å²) in [5, 5.41) is 7.57. The van der Waals surface area contributed by atoms with Crippen LogP contribution in [0.1, 0.15) is 10.4 Å². The lowest BCUT2D eigenvalue weighted by atomic mass is 10.2. The minimum Gasteiger partial charge on any atom is -0.365 e. The Morgan fingerprint density at radius 3 is 3.00 bits per heavy atom. The molecule has 2 aromatic rings. The number of aryl methyl sites for hydroxylation is 1. The summed E-state index contributed by atoms with van der Waals surface area (Å²) in [5.41, 5.74) is 6.61. The smallest absolute Gasteiger partial charge is 0.252 e. The summed E-state index contributed by atoms with van der Waals surface area (Å²) in [6.07, 6.45) is 2.97. The quantitative estimate of drug-likeness (QED) is 0.633. The monoisotopic (exact) mass is 177 g/mol. The van der Waals surface area contributed by atoms with Gasteiger partial charge in [-0.1, -0.05) is 5.21 Å². The van der Waals surface area contributed by atoms with E-state index < -0.39 is 5.91 Å². The summed E-state index contributed by atoms with van der Waals surface area (Å²) < 4.78 is 1.54. The van der Waals surface area contributed by atoms with Crippen molar-refractivity contribution < 1.29 is 4.79 Å². The topological polar surface area (TPSA) is 86.7 Å². The Bertz CT molecular complexity index is 475. The van der Waals surface area contributed by atoms with E-state index in [0.29, 0.717) is 16.6 Å². The van der Waals surface area contributed by atoms with Gasteiger partial charge in [-0.15, -0.1) is 5.10 Å².